The van der Waals surface area contributed by atoms with Gasteiger partial charge in [0.15, 0.2) is 11.4 Å². The first-order chi connectivity index (χ1) is 7.81. The van der Waals surface area contributed by atoms with E-state index in [1.807, 2.05) is 0 Å². The van der Waals surface area contributed by atoms with Crippen molar-refractivity contribution in [1.82, 2.24) is 9.38 Å². The number of alkyl halides is 3. The predicted molar refractivity (Wildman–Crippen MR) is 50.8 cm³/mol. The number of hydrogen-bond acceptors (Lipinski definition) is 4. The van der Waals surface area contributed by atoms with Crippen molar-refractivity contribution in [2.75, 3.05) is 0 Å². The van der Waals surface area contributed by atoms with Crippen LogP contribution in [0.2, 0.25) is 0 Å². The van der Waals surface area contributed by atoms with Crippen LogP contribution in [-0.2, 0) is 10.1 Å². The van der Waals surface area contributed by atoms with Gasteiger partial charge in [0.1, 0.15) is 0 Å². The topological polar surface area (TPSA) is 60.7 Å². The molecule has 0 aromatic carbocycles. The molecule has 0 saturated carbocycles. The zero-order valence-corrected chi connectivity index (χ0v) is 8.86. The zero-order valence-electron chi connectivity index (χ0n) is 8.05. The second-order valence-electron chi connectivity index (χ2n) is 3.01. The normalized spacial score (nSPS) is 12.9. The van der Waals surface area contributed by atoms with Gasteiger partial charge in [0.2, 0.25) is 0 Å². The number of pyridine rings is 1. The van der Waals surface area contributed by atoms with Crippen molar-refractivity contribution >= 4 is 15.8 Å². The fraction of sp³-hybridized carbons (Fsp3) is 0.125. The van der Waals surface area contributed by atoms with Crippen molar-refractivity contribution in [3.05, 3.63) is 30.7 Å². The molecule has 17 heavy (non-hydrogen) atoms. The summed E-state index contributed by atoms with van der Waals surface area (Å²) < 4.78 is 63.3. The van der Waals surface area contributed by atoms with Gasteiger partial charge < -0.3 is 8.58 Å². The minimum Gasteiger partial charge on any atom is -0.372 e. The van der Waals surface area contributed by atoms with Crippen molar-refractivity contribution < 1.29 is 25.8 Å². The van der Waals surface area contributed by atoms with Crippen LogP contribution in [0.5, 0.6) is 5.75 Å². The molecule has 2 rings (SSSR count). The van der Waals surface area contributed by atoms with E-state index in [0.29, 0.717) is 0 Å². The lowest BCUT2D eigenvalue weighted by Crippen LogP contribution is -2.28. The number of fused-ring (bicyclic) bond motifs is 1. The second-order valence-corrected chi connectivity index (χ2v) is 4.55. The van der Waals surface area contributed by atoms with Crippen LogP contribution in [0.15, 0.2) is 30.7 Å². The summed E-state index contributed by atoms with van der Waals surface area (Å²) in [7, 11) is -5.67. The molecule has 2 heterocycles. The minimum atomic E-state index is -5.67. The van der Waals surface area contributed by atoms with Crippen LogP contribution in [0.25, 0.3) is 5.65 Å². The summed E-state index contributed by atoms with van der Waals surface area (Å²) in [6, 6.07) is 2.43. The van der Waals surface area contributed by atoms with E-state index in [2.05, 4.69) is 9.17 Å². The highest BCUT2D eigenvalue weighted by atomic mass is 32.2. The Hall–Kier alpha value is -1.77. The molecule has 0 unspecified atom stereocenters. The largest absolute Gasteiger partial charge is 0.534 e. The maximum Gasteiger partial charge on any atom is 0.534 e. The van der Waals surface area contributed by atoms with E-state index < -0.39 is 21.4 Å². The van der Waals surface area contributed by atoms with E-state index in [9.17, 15) is 21.6 Å². The standard InChI is InChI=1S/C8H5F3N2O3S/c9-8(10,11)17(14,15)16-6-2-1-4-13-5-3-12-7(6)13/h1-5H. The summed E-state index contributed by atoms with van der Waals surface area (Å²) in [5.74, 6) is -0.477. The molecule has 0 fully saturated rings. The molecular formula is C8H5F3N2O3S. The number of nitrogens with zero attached hydrogens (tertiary/aromatic N) is 2. The molecular weight excluding hydrogens is 261 g/mol. The summed E-state index contributed by atoms with van der Waals surface area (Å²) in [5.41, 5.74) is -5.48. The molecule has 0 aliphatic rings. The molecule has 5 nitrogen and oxygen atoms in total. The average molecular weight is 266 g/mol. The van der Waals surface area contributed by atoms with Gasteiger partial charge in [-0.15, -0.1) is 0 Å². The lowest BCUT2D eigenvalue weighted by Gasteiger charge is -2.09. The number of aromatic nitrogens is 2. The molecule has 0 amide bonds. The van der Waals surface area contributed by atoms with Gasteiger partial charge in [0.05, 0.1) is 0 Å². The lowest BCUT2D eigenvalue weighted by molar-refractivity contribution is -0.0499. The third-order valence-corrected chi connectivity index (χ3v) is 2.83. The number of rotatable bonds is 2. The van der Waals surface area contributed by atoms with Crippen LogP contribution in [0.3, 0.4) is 0 Å². The molecule has 0 bridgehead atoms. The van der Waals surface area contributed by atoms with Gasteiger partial charge in [-0.2, -0.15) is 21.6 Å². The van der Waals surface area contributed by atoms with Crippen molar-refractivity contribution in [3.63, 3.8) is 0 Å². The highest BCUT2D eigenvalue weighted by Gasteiger charge is 2.48. The predicted octanol–water partition coefficient (Wildman–Crippen LogP) is 1.56. The van der Waals surface area contributed by atoms with Gasteiger partial charge in [-0.05, 0) is 12.1 Å². The van der Waals surface area contributed by atoms with E-state index >= 15 is 0 Å². The number of hydrogen-bond donors (Lipinski definition) is 0. The Morgan fingerprint density at radius 3 is 2.65 bits per heavy atom. The van der Waals surface area contributed by atoms with E-state index in [4.69, 9.17) is 0 Å². The molecule has 0 radical (unpaired) electrons. The Bertz CT molecular complexity index is 647. The van der Waals surface area contributed by atoms with Gasteiger partial charge in [0, 0.05) is 18.6 Å². The van der Waals surface area contributed by atoms with E-state index in [1.165, 1.54) is 29.1 Å². The van der Waals surface area contributed by atoms with Crippen LogP contribution in [-0.4, -0.2) is 23.3 Å². The monoisotopic (exact) mass is 266 g/mol. The van der Waals surface area contributed by atoms with Crippen LogP contribution in [0.4, 0.5) is 13.2 Å². The maximum atomic E-state index is 12.1. The molecule has 2 aromatic heterocycles. The molecule has 2 aromatic rings. The van der Waals surface area contributed by atoms with Crippen LogP contribution < -0.4 is 4.18 Å². The fourth-order valence-electron chi connectivity index (χ4n) is 1.15. The molecule has 0 aliphatic carbocycles. The summed E-state index contributed by atoms with van der Waals surface area (Å²) in [6.07, 6.45) is 4.25. The third-order valence-electron chi connectivity index (χ3n) is 1.87. The van der Waals surface area contributed by atoms with Crippen molar-refractivity contribution in [2.45, 2.75) is 5.51 Å². The molecule has 92 valence electrons. The highest BCUT2D eigenvalue weighted by Crippen LogP contribution is 2.28. The SMILES string of the molecule is O=S(=O)(Oc1cccn2ccnc12)C(F)(F)F. The maximum absolute atomic E-state index is 12.1. The van der Waals surface area contributed by atoms with Gasteiger partial charge in [-0.25, -0.2) is 4.98 Å². The first kappa shape index (κ1) is 11.7. The average Bonchev–Trinajstić information content (AvgIpc) is 2.64. The highest BCUT2D eigenvalue weighted by molar-refractivity contribution is 7.88. The second kappa shape index (κ2) is 3.62. The molecule has 0 spiro atoms. The van der Waals surface area contributed by atoms with E-state index in [1.54, 1.807) is 0 Å². The Kier molecular flexibility index (Phi) is 2.49. The first-order valence-corrected chi connectivity index (χ1v) is 5.64. The summed E-state index contributed by atoms with van der Waals surface area (Å²) in [5, 5.41) is 0. The van der Waals surface area contributed by atoms with Crippen LogP contribution in [0, 0.1) is 0 Å². The van der Waals surface area contributed by atoms with Gasteiger partial charge in [-0.1, -0.05) is 0 Å². The number of halogens is 3. The smallest absolute Gasteiger partial charge is 0.372 e. The van der Waals surface area contributed by atoms with Crippen molar-refractivity contribution in [3.8, 4) is 5.75 Å². The molecule has 0 atom stereocenters. The fourth-order valence-corrected chi connectivity index (χ4v) is 1.61. The Morgan fingerprint density at radius 2 is 2.00 bits per heavy atom. The molecule has 0 N–H and O–H groups in total. The Labute approximate surface area is 93.6 Å². The Morgan fingerprint density at radius 1 is 1.29 bits per heavy atom. The van der Waals surface area contributed by atoms with Gasteiger partial charge >= 0.3 is 15.6 Å². The van der Waals surface area contributed by atoms with E-state index in [-0.39, 0.29) is 5.65 Å². The quantitative estimate of drug-likeness (QED) is 0.611. The summed E-state index contributed by atoms with van der Waals surface area (Å²) in [6.45, 7) is 0. The molecule has 9 heteroatoms. The zero-order chi connectivity index (χ0) is 12.7. The summed E-state index contributed by atoms with van der Waals surface area (Å²) in [4.78, 5) is 3.69. The number of imidazole rings is 1. The van der Waals surface area contributed by atoms with Gasteiger partial charge in [-0.3, -0.25) is 0 Å². The molecule has 0 saturated heterocycles. The minimum absolute atomic E-state index is 0.0136. The van der Waals surface area contributed by atoms with E-state index in [0.717, 1.165) is 6.07 Å². The summed E-state index contributed by atoms with van der Waals surface area (Å²) >= 11 is 0. The van der Waals surface area contributed by atoms with Crippen molar-refractivity contribution in [1.29, 1.82) is 0 Å². The lowest BCUT2D eigenvalue weighted by atomic mass is 10.4. The first-order valence-electron chi connectivity index (χ1n) is 4.24. The molecule has 0 aliphatic heterocycles. The Balaban J connectivity index is 2.47. The third kappa shape index (κ3) is 2.05. The van der Waals surface area contributed by atoms with Crippen LogP contribution >= 0.6 is 0 Å². The van der Waals surface area contributed by atoms with Crippen LogP contribution in [0.1, 0.15) is 0 Å². The van der Waals surface area contributed by atoms with Gasteiger partial charge in [0.25, 0.3) is 0 Å². The van der Waals surface area contributed by atoms with Crippen molar-refractivity contribution in [2.24, 2.45) is 0 Å².